The van der Waals surface area contributed by atoms with Crippen molar-refractivity contribution in [3.05, 3.63) is 82.9 Å². The molecule has 0 fully saturated rings. The van der Waals surface area contributed by atoms with Crippen LogP contribution in [0, 0.1) is 11.3 Å². The van der Waals surface area contributed by atoms with Crippen LogP contribution in [0.4, 0.5) is 13.2 Å². The standard InChI is InChI=1S/C20H12F3NO/c21-20(22,23)16-7-6-15-10-13(8-9-24)11-18(17(15)12-16)19(25)14-4-2-1-3-5-14/h1-7,10-12H,8H2. The maximum Gasteiger partial charge on any atom is 0.416 e. The van der Waals surface area contributed by atoms with Crippen LogP contribution in [0.15, 0.2) is 60.7 Å². The number of nitrogens with zero attached hydrogens (tertiary/aromatic N) is 1. The lowest BCUT2D eigenvalue weighted by Crippen LogP contribution is -2.07. The van der Waals surface area contributed by atoms with Crippen molar-refractivity contribution >= 4 is 16.6 Å². The Morgan fingerprint density at radius 1 is 1.00 bits per heavy atom. The summed E-state index contributed by atoms with van der Waals surface area (Å²) in [6, 6.07) is 16.8. The Balaban J connectivity index is 2.26. The van der Waals surface area contributed by atoms with E-state index in [-0.39, 0.29) is 23.2 Å². The number of alkyl halides is 3. The molecule has 25 heavy (non-hydrogen) atoms. The van der Waals surface area contributed by atoms with Crippen molar-refractivity contribution in [3.63, 3.8) is 0 Å². The third-order valence-corrected chi connectivity index (χ3v) is 3.91. The maximum absolute atomic E-state index is 13.0. The largest absolute Gasteiger partial charge is 0.416 e. The molecule has 124 valence electrons. The SMILES string of the molecule is N#CCc1cc(C(=O)c2ccccc2)c2cc(C(F)(F)F)ccc2c1. The molecule has 0 unspecified atom stereocenters. The Bertz CT molecular complexity index is 985. The van der Waals surface area contributed by atoms with Gasteiger partial charge in [0, 0.05) is 11.1 Å². The molecule has 0 heterocycles. The van der Waals surface area contributed by atoms with Crippen molar-refractivity contribution in [2.75, 3.05) is 0 Å². The van der Waals surface area contributed by atoms with Crippen molar-refractivity contribution in [3.8, 4) is 6.07 Å². The fourth-order valence-corrected chi connectivity index (χ4v) is 2.72. The summed E-state index contributed by atoms with van der Waals surface area (Å²) in [5.74, 6) is -0.371. The summed E-state index contributed by atoms with van der Waals surface area (Å²) in [4.78, 5) is 12.8. The van der Waals surface area contributed by atoms with Crippen LogP contribution >= 0.6 is 0 Å². The Hall–Kier alpha value is -3.13. The zero-order valence-corrected chi connectivity index (χ0v) is 13.0. The highest BCUT2D eigenvalue weighted by Gasteiger charge is 2.31. The zero-order chi connectivity index (χ0) is 18.0. The van der Waals surface area contributed by atoms with Crippen molar-refractivity contribution in [2.24, 2.45) is 0 Å². The number of hydrogen-bond donors (Lipinski definition) is 0. The fraction of sp³-hybridized carbons (Fsp3) is 0.100. The summed E-state index contributed by atoms with van der Waals surface area (Å²) >= 11 is 0. The first-order valence-electron chi connectivity index (χ1n) is 7.51. The van der Waals surface area contributed by atoms with Gasteiger partial charge < -0.3 is 0 Å². The number of carbonyl (C=O) groups is 1. The van der Waals surface area contributed by atoms with E-state index in [9.17, 15) is 18.0 Å². The van der Waals surface area contributed by atoms with Gasteiger partial charge in [0.1, 0.15) is 0 Å². The molecule has 3 rings (SSSR count). The molecule has 0 radical (unpaired) electrons. The first-order chi connectivity index (χ1) is 11.9. The second kappa shape index (κ2) is 6.40. The first-order valence-corrected chi connectivity index (χ1v) is 7.51. The topological polar surface area (TPSA) is 40.9 Å². The average Bonchev–Trinajstić information content (AvgIpc) is 2.60. The van der Waals surface area contributed by atoms with E-state index in [1.165, 1.54) is 12.1 Å². The first kappa shape index (κ1) is 16.7. The van der Waals surface area contributed by atoms with Crippen LogP contribution in [0.2, 0.25) is 0 Å². The van der Waals surface area contributed by atoms with Crippen LogP contribution in [0.25, 0.3) is 10.8 Å². The van der Waals surface area contributed by atoms with E-state index in [2.05, 4.69) is 0 Å². The fourth-order valence-electron chi connectivity index (χ4n) is 2.72. The minimum atomic E-state index is -4.49. The third kappa shape index (κ3) is 3.38. The molecule has 2 nitrogen and oxygen atoms in total. The number of carbonyl (C=O) groups excluding carboxylic acids is 1. The van der Waals surface area contributed by atoms with Gasteiger partial charge in [-0.2, -0.15) is 18.4 Å². The van der Waals surface area contributed by atoms with E-state index < -0.39 is 11.7 Å². The van der Waals surface area contributed by atoms with Crippen molar-refractivity contribution < 1.29 is 18.0 Å². The minimum Gasteiger partial charge on any atom is -0.289 e. The number of benzene rings is 3. The second-order valence-electron chi connectivity index (χ2n) is 5.61. The van der Waals surface area contributed by atoms with Gasteiger partial charge in [0.05, 0.1) is 18.1 Å². The summed E-state index contributed by atoms with van der Waals surface area (Å²) in [6.45, 7) is 0. The molecule has 3 aromatic rings. The number of hydrogen-bond acceptors (Lipinski definition) is 2. The number of halogens is 3. The average molecular weight is 339 g/mol. The highest BCUT2D eigenvalue weighted by atomic mass is 19.4. The highest BCUT2D eigenvalue weighted by Crippen LogP contribution is 2.33. The summed E-state index contributed by atoms with van der Waals surface area (Å²) in [5, 5.41) is 9.63. The van der Waals surface area contributed by atoms with Gasteiger partial charge in [0.15, 0.2) is 5.78 Å². The molecule has 0 aliphatic rings. The van der Waals surface area contributed by atoms with Gasteiger partial charge >= 0.3 is 6.18 Å². The van der Waals surface area contributed by atoms with E-state index in [0.717, 1.165) is 12.1 Å². The lowest BCUT2D eigenvalue weighted by molar-refractivity contribution is -0.137. The molecule has 0 aliphatic heterocycles. The normalized spacial score (nSPS) is 11.3. The van der Waals surface area contributed by atoms with Crippen LogP contribution in [0.1, 0.15) is 27.0 Å². The Labute approximate surface area is 142 Å². The molecule has 0 N–H and O–H groups in total. The van der Waals surface area contributed by atoms with Gasteiger partial charge in [0.25, 0.3) is 0 Å². The van der Waals surface area contributed by atoms with Gasteiger partial charge in [0.2, 0.25) is 0 Å². The third-order valence-electron chi connectivity index (χ3n) is 3.91. The van der Waals surface area contributed by atoms with Crippen molar-refractivity contribution in [2.45, 2.75) is 12.6 Å². The number of ketones is 1. The van der Waals surface area contributed by atoms with Crippen LogP contribution in [-0.2, 0) is 12.6 Å². The molecule has 3 aromatic carbocycles. The molecule has 0 bridgehead atoms. The summed E-state index contributed by atoms with van der Waals surface area (Å²) in [6.07, 6.45) is -4.42. The second-order valence-corrected chi connectivity index (χ2v) is 5.61. The molecule has 0 aliphatic carbocycles. The number of nitriles is 1. The van der Waals surface area contributed by atoms with Crippen LogP contribution in [-0.4, -0.2) is 5.78 Å². The summed E-state index contributed by atoms with van der Waals surface area (Å²) < 4.78 is 39.1. The smallest absolute Gasteiger partial charge is 0.289 e. The van der Waals surface area contributed by atoms with Crippen LogP contribution in [0.3, 0.4) is 0 Å². The molecule has 0 atom stereocenters. The maximum atomic E-state index is 13.0. The van der Waals surface area contributed by atoms with E-state index in [4.69, 9.17) is 5.26 Å². The summed E-state index contributed by atoms with van der Waals surface area (Å²) in [5.41, 5.74) is 0.333. The summed E-state index contributed by atoms with van der Waals surface area (Å²) in [7, 11) is 0. The minimum absolute atomic E-state index is 0.0754. The highest BCUT2D eigenvalue weighted by molar-refractivity contribution is 6.16. The van der Waals surface area contributed by atoms with E-state index in [0.29, 0.717) is 16.5 Å². The van der Waals surface area contributed by atoms with E-state index >= 15 is 0 Å². The van der Waals surface area contributed by atoms with Gasteiger partial charge in [-0.05, 0) is 34.5 Å². The predicted molar refractivity (Wildman–Crippen MR) is 88.1 cm³/mol. The Morgan fingerprint density at radius 2 is 1.72 bits per heavy atom. The van der Waals surface area contributed by atoms with Crippen molar-refractivity contribution in [1.29, 1.82) is 5.26 Å². The molecule has 0 aromatic heterocycles. The lowest BCUT2D eigenvalue weighted by atomic mass is 9.93. The van der Waals surface area contributed by atoms with E-state index in [1.54, 1.807) is 36.4 Å². The predicted octanol–water partition coefficient (Wildman–Crippen LogP) is 5.16. The zero-order valence-electron chi connectivity index (χ0n) is 13.0. The molecule has 0 saturated heterocycles. The monoisotopic (exact) mass is 339 g/mol. The lowest BCUT2D eigenvalue weighted by Gasteiger charge is -2.12. The van der Waals surface area contributed by atoms with E-state index in [1.807, 2.05) is 6.07 Å². The number of fused-ring (bicyclic) bond motifs is 1. The molecule has 5 heteroatoms. The van der Waals surface area contributed by atoms with Gasteiger partial charge in [-0.1, -0.05) is 42.5 Å². The van der Waals surface area contributed by atoms with Gasteiger partial charge in [-0.25, -0.2) is 0 Å². The molecule has 0 spiro atoms. The van der Waals surface area contributed by atoms with Gasteiger partial charge in [-0.15, -0.1) is 0 Å². The Kier molecular flexibility index (Phi) is 4.28. The van der Waals surface area contributed by atoms with Crippen molar-refractivity contribution in [1.82, 2.24) is 0 Å². The Morgan fingerprint density at radius 3 is 2.36 bits per heavy atom. The van der Waals surface area contributed by atoms with Crippen LogP contribution in [0.5, 0.6) is 0 Å². The quantitative estimate of drug-likeness (QED) is 0.619. The molecule has 0 saturated carbocycles. The molecule has 0 amide bonds. The molecular formula is C20H12F3NO. The van der Waals surface area contributed by atoms with Crippen LogP contribution < -0.4 is 0 Å². The van der Waals surface area contributed by atoms with Gasteiger partial charge in [-0.3, -0.25) is 4.79 Å². The molecular weight excluding hydrogens is 327 g/mol. The number of rotatable bonds is 3.